The third-order valence-corrected chi connectivity index (χ3v) is 2.66. The van der Waals surface area contributed by atoms with Crippen molar-refractivity contribution in [2.45, 2.75) is 6.92 Å². The van der Waals surface area contributed by atoms with E-state index < -0.39 is 5.97 Å². The SMILES string of the molecule is CCOC(=O)c1cccc(NC(=O)Nc2ccccc2)c1. The summed E-state index contributed by atoms with van der Waals surface area (Å²) in [5.74, 6) is -0.412. The molecule has 21 heavy (non-hydrogen) atoms. The minimum absolute atomic E-state index is 0.310. The summed E-state index contributed by atoms with van der Waals surface area (Å²) in [4.78, 5) is 23.5. The van der Waals surface area contributed by atoms with Crippen LogP contribution < -0.4 is 10.6 Å². The zero-order valence-corrected chi connectivity index (χ0v) is 11.6. The average molecular weight is 284 g/mol. The third kappa shape index (κ3) is 4.35. The molecule has 2 amide bonds. The van der Waals surface area contributed by atoms with E-state index in [2.05, 4.69) is 10.6 Å². The fourth-order valence-corrected chi connectivity index (χ4v) is 1.75. The largest absolute Gasteiger partial charge is 0.462 e. The fourth-order valence-electron chi connectivity index (χ4n) is 1.75. The van der Waals surface area contributed by atoms with Gasteiger partial charge in [0.2, 0.25) is 0 Å². The summed E-state index contributed by atoms with van der Waals surface area (Å²) in [6, 6.07) is 15.3. The molecule has 0 atom stereocenters. The number of hydrogen-bond donors (Lipinski definition) is 2. The Morgan fingerprint density at radius 3 is 2.33 bits per heavy atom. The first-order valence-electron chi connectivity index (χ1n) is 6.59. The summed E-state index contributed by atoms with van der Waals surface area (Å²) in [5.41, 5.74) is 1.61. The van der Waals surface area contributed by atoms with Crippen molar-refractivity contribution in [3.05, 3.63) is 60.2 Å². The molecule has 0 saturated heterocycles. The van der Waals surface area contributed by atoms with E-state index in [1.54, 1.807) is 43.3 Å². The highest BCUT2D eigenvalue weighted by Crippen LogP contribution is 2.13. The Hall–Kier alpha value is -2.82. The monoisotopic (exact) mass is 284 g/mol. The molecule has 0 aliphatic heterocycles. The fraction of sp³-hybridized carbons (Fsp3) is 0.125. The number of hydrogen-bond acceptors (Lipinski definition) is 3. The van der Waals surface area contributed by atoms with Crippen LogP contribution in [-0.2, 0) is 4.74 Å². The van der Waals surface area contributed by atoms with Crippen molar-refractivity contribution in [2.24, 2.45) is 0 Å². The van der Waals surface area contributed by atoms with Crippen LogP contribution in [0.3, 0.4) is 0 Å². The highest BCUT2D eigenvalue weighted by molar-refractivity contribution is 6.00. The van der Waals surface area contributed by atoms with Crippen molar-refractivity contribution in [1.82, 2.24) is 0 Å². The van der Waals surface area contributed by atoms with Crippen LogP contribution in [0.2, 0.25) is 0 Å². The van der Waals surface area contributed by atoms with Crippen molar-refractivity contribution >= 4 is 23.4 Å². The number of urea groups is 1. The Labute approximate surface area is 122 Å². The lowest BCUT2D eigenvalue weighted by Crippen LogP contribution is -2.19. The smallest absolute Gasteiger partial charge is 0.338 e. The number of esters is 1. The van der Waals surface area contributed by atoms with Crippen LogP contribution in [0, 0.1) is 0 Å². The molecule has 0 aromatic heterocycles. The van der Waals surface area contributed by atoms with Crippen LogP contribution in [-0.4, -0.2) is 18.6 Å². The quantitative estimate of drug-likeness (QED) is 0.844. The summed E-state index contributed by atoms with van der Waals surface area (Å²) in [7, 11) is 0. The van der Waals surface area contributed by atoms with Crippen LogP contribution >= 0.6 is 0 Å². The molecule has 2 N–H and O–H groups in total. The summed E-state index contributed by atoms with van der Waals surface area (Å²) in [5, 5.41) is 5.37. The van der Waals surface area contributed by atoms with Gasteiger partial charge in [-0.1, -0.05) is 24.3 Å². The number of nitrogens with one attached hydrogen (secondary N) is 2. The molecule has 0 aliphatic rings. The minimum Gasteiger partial charge on any atom is -0.462 e. The van der Waals surface area contributed by atoms with Gasteiger partial charge in [0.1, 0.15) is 0 Å². The summed E-state index contributed by atoms with van der Waals surface area (Å²) in [6.07, 6.45) is 0. The summed E-state index contributed by atoms with van der Waals surface area (Å²) < 4.78 is 4.92. The first-order valence-corrected chi connectivity index (χ1v) is 6.59. The van der Waals surface area contributed by atoms with Gasteiger partial charge in [0.15, 0.2) is 0 Å². The van der Waals surface area contributed by atoms with Gasteiger partial charge in [0, 0.05) is 11.4 Å². The van der Waals surface area contributed by atoms with Gasteiger partial charge < -0.3 is 15.4 Å². The van der Waals surface area contributed by atoms with E-state index in [9.17, 15) is 9.59 Å². The van der Waals surface area contributed by atoms with E-state index in [0.29, 0.717) is 23.5 Å². The molecule has 0 radical (unpaired) electrons. The second-order valence-corrected chi connectivity index (χ2v) is 4.25. The molecule has 0 aliphatic carbocycles. The molecular formula is C16H16N2O3. The van der Waals surface area contributed by atoms with Gasteiger partial charge in [-0.3, -0.25) is 0 Å². The summed E-state index contributed by atoms with van der Waals surface area (Å²) >= 11 is 0. The highest BCUT2D eigenvalue weighted by Gasteiger charge is 2.08. The maximum Gasteiger partial charge on any atom is 0.338 e. The van der Waals surface area contributed by atoms with Crippen LogP contribution in [0.25, 0.3) is 0 Å². The maximum absolute atomic E-state index is 11.9. The van der Waals surface area contributed by atoms with Crippen molar-refractivity contribution in [2.75, 3.05) is 17.2 Å². The van der Waals surface area contributed by atoms with Crippen LogP contribution in [0.4, 0.5) is 16.2 Å². The molecule has 2 aromatic rings. The second kappa shape index (κ2) is 7.09. The zero-order chi connectivity index (χ0) is 15.1. The first kappa shape index (κ1) is 14.6. The van der Waals surface area contributed by atoms with E-state index >= 15 is 0 Å². The Kier molecular flexibility index (Phi) is 4.93. The number of carbonyl (C=O) groups excluding carboxylic acids is 2. The first-order chi connectivity index (χ1) is 10.2. The molecule has 0 fully saturated rings. The molecule has 108 valence electrons. The topological polar surface area (TPSA) is 67.4 Å². The number of benzene rings is 2. The van der Waals surface area contributed by atoms with Gasteiger partial charge in [0.25, 0.3) is 0 Å². The highest BCUT2D eigenvalue weighted by atomic mass is 16.5. The lowest BCUT2D eigenvalue weighted by Gasteiger charge is -2.08. The van der Waals surface area contributed by atoms with Gasteiger partial charge in [-0.25, -0.2) is 9.59 Å². The maximum atomic E-state index is 11.9. The molecule has 0 spiro atoms. The predicted molar refractivity (Wildman–Crippen MR) is 81.5 cm³/mol. The molecule has 0 heterocycles. The molecule has 0 bridgehead atoms. The van der Waals surface area contributed by atoms with Crippen LogP contribution in [0.1, 0.15) is 17.3 Å². The number of amides is 2. The lowest BCUT2D eigenvalue weighted by molar-refractivity contribution is 0.0526. The van der Waals surface area contributed by atoms with Gasteiger partial charge in [-0.15, -0.1) is 0 Å². The lowest BCUT2D eigenvalue weighted by atomic mass is 10.2. The number of para-hydroxylation sites is 1. The number of carbonyl (C=O) groups is 2. The van der Waals surface area contributed by atoms with Crippen LogP contribution in [0.5, 0.6) is 0 Å². The standard InChI is InChI=1S/C16H16N2O3/c1-2-21-15(19)12-7-6-10-14(11-12)18-16(20)17-13-8-4-3-5-9-13/h3-11H,2H2,1H3,(H2,17,18,20). The van der Waals surface area contributed by atoms with Crippen molar-refractivity contribution in [3.63, 3.8) is 0 Å². The van der Waals surface area contributed by atoms with Crippen LogP contribution in [0.15, 0.2) is 54.6 Å². The van der Waals surface area contributed by atoms with Crippen molar-refractivity contribution in [3.8, 4) is 0 Å². The second-order valence-electron chi connectivity index (χ2n) is 4.25. The molecule has 5 heteroatoms. The Morgan fingerprint density at radius 2 is 1.62 bits per heavy atom. The van der Waals surface area contributed by atoms with Gasteiger partial charge in [0.05, 0.1) is 12.2 Å². The Balaban J connectivity index is 2.01. The molecule has 0 unspecified atom stereocenters. The Morgan fingerprint density at radius 1 is 0.952 bits per heavy atom. The van der Waals surface area contributed by atoms with E-state index in [1.165, 1.54) is 0 Å². The molecule has 2 rings (SSSR count). The van der Waals surface area contributed by atoms with Crippen molar-refractivity contribution < 1.29 is 14.3 Å². The third-order valence-electron chi connectivity index (χ3n) is 2.66. The Bertz CT molecular complexity index is 626. The van der Waals surface area contributed by atoms with Gasteiger partial charge in [-0.2, -0.15) is 0 Å². The van der Waals surface area contributed by atoms with E-state index in [1.807, 2.05) is 18.2 Å². The van der Waals surface area contributed by atoms with Gasteiger partial charge >= 0.3 is 12.0 Å². The van der Waals surface area contributed by atoms with Crippen molar-refractivity contribution in [1.29, 1.82) is 0 Å². The molecule has 5 nitrogen and oxygen atoms in total. The number of rotatable bonds is 4. The van der Waals surface area contributed by atoms with E-state index in [4.69, 9.17) is 4.74 Å². The molecule has 0 saturated carbocycles. The number of ether oxygens (including phenoxy) is 1. The number of anilines is 2. The summed E-state index contributed by atoms with van der Waals surface area (Å²) in [6.45, 7) is 2.05. The zero-order valence-electron chi connectivity index (χ0n) is 11.6. The average Bonchev–Trinajstić information content (AvgIpc) is 2.48. The normalized spacial score (nSPS) is 9.76. The molecule has 2 aromatic carbocycles. The molecular weight excluding hydrogens is 268 g/mol. The van der Waals surface area contributed by atoms with Gasteiger partial charge in [-0.05, 0) is 37.3 Å². The minimum atomic E-state index is -0.412. The van der Waals surface area contributed by atoms with E-state index in [-0.39, 0.29) is 6.03 Å². The predicted octanol–water partition coefficient (Wildman–Crippen LogP) is 3.51. The van der Waals surface area contributed by atoms with E-state index in [0.717, 1.165) is 0 Å².